The van der Waals surface area contributed by atoms with Crippen molar-refractivity contribution < 1.29 is 34.1 Å². The van der Waals surface area contributed by atoms with Crippen LogP contribution >= 0.6 is 11.3 Å². The lowest BCUT2D eigenvalue weighted by Gasteiger charge is -2.70. The summed E-state index contributed by atoms with van der Waals surface area (Å²) >= 11 is 1.23. The first-order valence-corrected chi connectivity index (χ1v) is 17.0. The summed E-state index contributed by atoms with van der Waals surface area (Å²) in [6.45, 7) is 10.1. The number of aliphatic carboxylic acids is 1. The molecular weight excluding hydrogens is 598 g/mol. The lowest BCUT2D eigenvalue weighted by atomic mass is 9.38. The van der Waals surface area contributed by atoms with Gasteiger partial charge in [0.05, 0.1) is 12.5 Å². The standard InChI is InChI=1S/C32H51N5O7S/c1-18(2)23(37(7)30(43)26(19(3)4)34-28(42)22-10-8-9-11-36(22)6)12-24(44-20(5)38)29-33-21(14-45-29)27(41)35-32-15-31(16-32,17-32)13-25(39)40/h14,18-19,22-24,26,28,34,42H,8-13,15-17H2,1-7H3,(H,35,41)(H,39,40)/t22?,23-,24-,26+,28?,31?,32?/m1/s1. The number of hydrogen-bond donors (Lipinski definition) is 4. The van der Waals surface area contributed by atoms with Crippen molar-refractivity contribution in [1.82, 2.24) is 25.4 Å². The lowest BCUT2D eigenvalue weighted by Crippen LogP contribution is -2.75. The fraction of sp³-hybridized carbons (Fsp3) is 0.781. The van der Waals surface area contributed by atoms with E-state index in [1.54, 1.807) is 17.3 Å². The minimum absolute atomic E-state index is 0.00403. The molecular formula is C32H51N5O7S. The van der Waals surface area contributed by atoms with Crippen LogP contribution in [-0.2, 0) is 19.1 Å². The number of ether oxygens (including phenoxy) is 1. The maximum Gasteiger partial charge on any atom is 0.303 e. The number of aromatic nitrogens is 1. The number of aliphatic hydroxyl groups is 1. The van der Waals surface area contributed by atoms with E-state index in [1.165, 1.54) is 18.3 Å². The number of likely N-dealkylation sites (N-methyl/N-ethyl adjacent to an activating group) is 2. The third kappa shape index (κ3) is 8.04. The van der Waals surface area contributed by atoms with Gasteiger partial charge >= 0.3 is 11.9 Å². The maximum atomic E-state index is 13.9. The van der Waals surface area contributed by atoms with Gasteiger partial charge in [0.25, 0.3) is 5.91 Å². The van der Waals surface area contributed by atoms with Crippen molar-refractivity contribution in [2.45, 2.75) is 122 Å². The average molecular weight is 650 g/mol. The van der Waals surface area contributed by atoms with E-state index in [2.05, 4.69) is 20.5 Å². The summed E-state index contributed by atoms with van der Waals surface area (Å²) < 4.78 is 5.72. The van der Waals surface area contributed by atoms with Gasteiger partial charge < -0.3 is 25.2 Å². The van der Waals surface area contributed by atoms with Crippen molar-refractivity contribution in [1.29, 1.82) is 0 Å². The van der Waals surface area contributed by atoms with Crippen LogP contribution in [0.4, 0.5) is 0 Å². The number of carbonyl (C=O) groups is 4. The molecule has 2 amide bonds. The number of piperidine rings is 1. The van der Waals surface area contributed by atoms with Crippen LogP contribution in [0.5, 0.6) is 0 Å². The zero-order valence-electron chi connectivity index (χ0n) is 27.7. The van der Waals surface area contributed by atoms with Crippen LogP contribution in [0.15, 0.2) is 5.38 Å². The van der Waals surface area contributed by atoms with Crippen LogP contribution in [0, 0.1) is 17.3 Å². The summed E-state index contributed by atoms with van der Waals surface area (Å²) in [5.74, 6) is -1.87. The van der Waals surface area contributed by atoms with Gasteiger partial charge in [0.15, 0.2) is 6.10 Å². The predicted octanol–water partition coefficient (Wildman–Crippen LogP) is 3.16. The van der Waals surface area contributed by atoms with E-state index in [0.717, 1.165) is 25.8 Å². The second kappa shape index (κ2) is 14.0. The third-order valence-corrected chi connectivity index (χ3v) is 10.9. The van der Waals surface area contributed by atoms with Crippen LogP contribution in [0.1, 0.15) is 108 Å². The van der Waals surface area contributed by atoms with Crippen molar-refractivity contribution >= 4 is 35.1 Å². The molecule has 1 aromatic heterocycles. The summed E-state index contributed by atoms with van der Waals surface area (Å²) in [5, 5.41) is 28.6. The van der Waals surface area contributed by atoms with Gasteiger partial charge in [0, 0.05) is 43.4 Å². The number of carboxylic acids is 1. The van der Waals surface area contributed by atoms with E-state index in [0.29, 0.717) is 24.3 Å². The maximum absolute atomic E-state index is 13.9. The van der Waals surface area contributed by atoms with Crippen LogP contribution < -0.4 is 10.6 Å². The van der Waals surface area contributed by atoms with Crippen molar-refractivity contribution in [3.8, 4) is 0 Å². The normalized spacial score (nSPS) is 27.1. The minimum atomic E-state index is -0.848. The molecule has 4 aliphatic rings. The highest BCUT2D eigenvalue weighted by Gasteiger charge is 2.68. The number of carboxylic acid groups (broad SMARTS) is 1. The molecule has 2 bridgehead atoms. The second-order valence-corrected chi connectivity index (χ2v) is 15.3. The van der Waals surface area contributed by atoms with E-state index >= 15 is 0 Å². The molecule has 4 fully saturated rings. The number of rotatable bonds is 15. The molecule has 0 radical (unpaired) electrons. The molecule has 5 rings (SSSR count). The molecule has 0 aromatic carbocycles. The Hall–Kier alpha value is -2.61. The van der Waals surface area contributed by atoms with E-state index < -0.39 is 30.3 Å². The van der Waals surface area contributed by atoms with E-state index in [1.807, 2.05) is 34.7 Å². The molecule has 2 unspecified atom stereocenters. The highest BCUT2D eigenvalue weighted by atomic mass is 32.1. The van der Waals surface area contributed by atoms with Gasteiger partial charge in [0.1, 0.15) is 16.9 Å². The van der Waals surface area contributed by atoms with Gasteiger partial charge in [0.2, 0.25) is 5.91 Å². The van der Waals surface area contributed by atoms with Gasteiger partial charge in [-0.25, -0.2) is 4.98 Å². The molecule has 13 heteroatoms. The summed E-state index contributed by atoms with van der Waals surface area (Å²) in [7, 11) is 3.74. The lowest BCUT2D eigenvalue weighted by molar-refractivity contribution is -0.172. The number of likely N-dealkylation sites (tertiary alicyclic amines) is 1. The molecule has 3 aliphatic carbocycles. The number of nitrogens with zero attached hydrogens (tertiary/aromatic N) is 3. The van der Waals surface area contributed by atoms with Gasteiger partial charge in [-0.15, -0.1) is 11.3 Å². The van der Waals surface area contributed by atoms with E-state index in [4.69, 9.17) is 9.84 Å². The largest absolute Gasteiger partial charge is 0.481 e. The Morgan fingerprint density at radius 1 is 1.16 bits per heavy atom. The van der Waals surface area contributed by atoms with Gasteiger partial charge in [-0.2, -0.15) is 0 Å². The Morgan fingerprint density at radius 2 is 1.82 bits per heavy atom. The molecule has 5 atom stereocenters. The number of nitrogens with one attached hydrogen (secondary N) is 2. The zero-order valence-corrected chi connectivity index (χ0v) is 28.5. The highest BCUT2D eigenvalue weighted by Crippen LogP contribution is 2.69. The monoisotopic (exact) mass is 649 g/mol. The molecule has 3 saturated carbocycles. The van der Waals surface area contributed by atoms with Crippen molar-refractivity contribution in [3.05, 3.63) is 16.1 Å². The Kier molecular flexibility index (Phi) is 11.0. The quantitative estimate of drug-likeness (QED) is 0.164. The second-order valence-electron chi connectivity index (χ2n) is 14.4. The first kappa shape index (κ1) is 35.2. The molecule has 1 saturated heterocycles. The Labute approximate surface area is 270 Å². The van der Waals surface area contributed by atoms with Crippen LogP contribution in [-0.4, -0.2) is 99.3 Å². The summed E-state index contributed by atoms with van der Waals surface area (Å²) in [6.07, 6.45) is 3.75. The SMILES string of the molecule is CC(=O)O[C@H](C[C@H](C(C)C)N(C)C(=O)[C@@H](NC(O)C1CCCCN1C)C(C)C)c1nc(C(=O)NC23CC(CC(=O)O)(C2)C3)cs1. The van der Waals surface area contributed by atoms with Crippen LogP contribution in [0.25, 0.3) is 0 Å². The topological polar surface area (TPSA) is 161 Å². The summed E-state index contributed by atoms with van der Waals surface area (Å²) in [6, 6.07) is -1.01. The fourth-order valence-electron chi connectivity index (χ4n) is 7.71. The van der Waals surface area contributed by atoms with E-state index in [9.17, 15) is 24.3 Å². The number of esters is 1. The molecule has 0 spiro atoms. The van der Waals surface area contributed by atoms with Crippen molar-refractivity contribution in [2.24, 2.45) is 17.3 Å². The van der Waals surface area contributed by atoms with Crippen LogP contribution in [0.2, 0.25) is 0 Å². The number of aliphatic hydroxyl groups excluding tert-OH is 1. The molecule has 1 aliphatic heterocycles. The third-order valence-electron chi connectivity index (χ3n) is 9.93. The predicted molar refractivity (Wildman–Crippen MR) is 169 cm³/mol. The average Bonchev–Trinajstić information content (AvgIpc) is 3.41. The summed E-state index contributed by atoms with van der Waals surface area (Å²) in [4.78, 5) is 58.7. The van der Waals surface area contributed by atoms with Gasteiger partial charge in [-0.05, 0) is 62.9 Å². The minimum Gasteiger partial charge on any atom is -0.481 e. The van der Waals surface area contributed by atoms with Crippen molar-refractivity contribution in [3.63, 3.8) is 0 Å². The number of thiazole rings is 1. The summed E-state index contributed by atoms with van der Waals surface area (Å²) in [5.41, 5.74) is -0.338. The van der Waals surface area contributed by atoms with Crippen LogP contribution in [0.3, 0.4) is 0 Å². The fourth-order valence-corrected chi connectivity index (χ4v) is 8.55. The Morgan fingerprint density at radius 3 is 2.38 bits per heavy atom. The first-order chi connectivity index (χ1) is 21.0. The first-order valence-electron chi connectivity index (χ1n) is 16.1. The molecule has 2 heterocycles. The Balaban J connectivity index is 1.43. The highest BCUT2D eigenvalue weighted by molar-refractivity contribution is 7.09. The zero-order chi connectivity index (χ0) is 33.3. The number of amides is 2. The van der Waals surface area contributed by atoms with Gasteiger partial charge in [-0.1, -0.05) is 34.1 Å². The molecule has 4 N–H and O–H groups in total. The molecule has 45 heavy (non-hydrogen) atoms. The van der Waals surface area contributed by atoms with Gasteiger partial charge in [-0.3, -0.25) is 29.4 Å². The number of hydrogen-bond acceptors (Lipinski definition) is 10. The number of carbonyl (C=O) groups excluding carboxylic acids is 3. The Bertz CT molecular complexity index is 1230. The molecule has 1 aromatic rings. The van der Waals surface area contributed by atoms with Crippen molar-refractivity contribution in [2.75, 3.05) is 20.6 Å². The van der Waals surface area contributed by atoms with E-state index in [-0.39, 0.29) is 65.2 Å². The molecule has 252 valence electrons. The molecule has 12 nitrogen and oxygen atoms in total. The smallest absolute Gasteiger partial charge is 0.303 e.